The van der Waals surface area contributed by atoms with Gasteiger partial charge < -0.3 is 10.0 Å². The number of hydrogen-bond donors (Lipinski definition) is 1. The summed E-state index contributed by atoms with van der Waals surface area (Å²) in [6.07, 6.45) is 0.596. The number of fused-ring (bicyclic) bond motifs is 2. The third-order valence-corrected chi connectivity index (χ3v) is 6.85. The van der Waals surface area contributed by atoms with Gasteiger partial charge in [-0.05, 0) is 36.2 Å². The number of benzene rings is 2. The van der Waals surface area contributed by atoms with Gasteiger partial charge in [-0.15, -0.1) is 23.1 Å². The van der Waals surface area contributed by atoms with Gasteiger partial charge in [0.05, 0.1) is 34.1 Å². The van der Waals surface area contributed by atoms with Crippen LogP contribution < -0.4 is 4.90 Å². The molecule has 0 aliphatic carbocycles. The van der Waals surface area contributed by atoms with Crippen molar-refractivity contribution < 1.29 is 19.1 Å². The summed E-state index contributed by atoms with van der Waals surface area (Å²) in [5.41, 5.74) is 2.44. The average Bonchev–Trinajstić information content (AvgIpc) is 3.06. The zero-order chi connectivity index (χ0) is 19.8. The van der Waals surface area contributed by atoms with E-state index in [1.165, 1.54) is 35.2 Å². The first kappa shape index (κ1) is 18.9. The van der Waals surface area contributed by atoms with Crippen LogP contribution in [-0.2, 0) is 22.6 Å². The number of carboxylic acid groups (broad SMARTS) is 1. The van der Waals surface area contributed by atoms with Crippen LogP contribution in [0.5, 0.6) is 0 Å². The molecule has 1 unspecified atom stereocenters. The van der Waals surface area contributed by atoms with E-state index in [1.54, 1.807) is 11.0 Å². The van der Waals surface area contributed by atoms with Crippen molar-refractivity contribution in [3.63, 3.8) is 0 Å². The molecule has 144 valence electrons. The second kappa shape index (κ2) is 7.52. The fraction of sp³-hybridized carbons (Fsp3) is 0.250. The van der Waals surface area contributed by atoms with Gasteiger partial charge >= 0.3 is 5.97 Å². The number of aromatic nitrogens is 1. The van der Waals surface area contributed by atoms with E-state index in [-0.39, 0.29) is 24.7 Å². The lowest BCUT2D eigenvalue weighted by Crippen LogP contribution is -2.41. The fourth-order valence-electron chi connectivity index (χ4n) is 3.19. The molecule has 1 N–H and O–H groups in total. The van der Waals surface area contributed by atoms with E-state index in [2.05, 4.69) is 4.98 Å². The molecule has 0 saturated heterocycles. The maximum Gasteiger partial charge on any atom is 0.305 e. The molecule has 0 spiro atoms. The Morgan fingerprint density at radius 3 is 2.86 bits per heavy atom. The van der Waals surface area contributed by atoms with Crippen LogP contribution >= 0.6 is 23.1 Å². The number of aryl methyl sites for hydroxylation is 1. The Bertz CT molecular complexity index is 1080. The molecule has 28 heavy (non-hydrogen) atoms. The Kier molecular flexibility index (Phi) is 5.07. The van der Waals surface area contributed by atoms with Crippen LogP contribution in [0.4, 0.5) is 10.1 Å². The molecule has 1 aromatic heterocycles. The molecule has 8 heteroatoms. The third kappa shape index (κ3) is 3.62. The second-order valence-corrected chi connectivity index (χ2v) is 8.86. The maximum atomic E-state index is 13.5. The molecule has 0 radical (unpaired) electrons. The minimum Gasteiger partial charge on any atom is -0.481 e. The minimum absolute atomic E-state index is 0.233. The summed E-state index contributed by atoms with van der Waals surface area (Å²) in [7, 11) is 0. The van der Waals surface area contributed by atoms with Crippen LogP contribution in [0.15, 0.2) is 41.3 Å². The number of carboxylic acids is 1. The third-order valence-electron chi connectivity index (χ3n) is 4.58. The molecular weight excluding hydrogens is 399 g/mol. The lowest BCUT2D eigenvalue weighted by atomic mass is 10.1. The lowest BCUT2D eigenvalue weighted by Gasteiger charge is -2.33. The molecule has 0 bridgehead atoms. The van der Waals surface area contributed by atoms with Crippen molar-refractivity contribution in [3.05, 3.63) is 52.8 Å². The van der Waals surface area contributed by atoms with Crippen molar-refractivity contribution in [1.82, 2.24) is 4.98 Å². The van der Waals surface area contributed by atoms with Gasteiger partial charge in [-0.25, -0.2) is 9.37 Å². The van der Waals surface area contributed by atoms with Gasteiger partial charge in [0.2, 0.25) is 5.91 Å². The number of aliphatic carboxylic acids is 1. The normalized spacial score (nSPS) is 16.4. The maximum absolute atomic E-state index is 13.5. The van der Waals surface area contributed by atoms with E-state index in [4.69, 9.17) is 0 Å². The van der Waals surface area contributed by atoms with E-state index in [0.717, 1.165) is 27.3 Å². The van der Waals surface area contributed by atoms with Crippen molar-refractivity contribution in [3.8, 4) is 0 Å². The summed E-state index contributed by atoms with van der Waals surface area (Å²) in [6.45, 7) is 2.27. The predicted molar refractivity (Wildman–Crippen MR) is 108 cm³/mol. The van der Waals surface area contributed by atoms with Crippen LogP contribution in [0.1, 0.15) is 23.9 Å². The molecule has 0 fully saturated rings. The molecule has 5 nitrogen and oxygen atoms in total. The number of carbonyl (C=O) groups is 2. The second-order valence-electron chi connectivity index (χ2n) is 6.50. The van der Waals surface area contributed by atoms with E-state index < -0.39 is 11.2 Å². The van der Waals surface area contributed by atoms with Gasteiger partial charge in [0.15, 0.2) is 0 Å². The number of thioether (sulfide) groups is 1. The topological polar surface area (TPSA) is 70.5 Å². The van der Waals surface area contributed by atoms with Gasteiger partial charge in [-0.1, -0.05) is 13.0 Å². The van der Waals surface area contributed by atoms with E-state index in [1.807, 2.05) is 25.1 Å². The molecule has 2 aromatic carbocycles. The Balaban J connectivity index is 1.73. The smallest absolute Gasteiger partial charge is 0.305 e. The Morgan fingerprint density at radius 1 is 1.29 bits per heavy atom. The van der Waals surface area contributed by atoms with Crippen molar-refractivity contribution in [2.24, 2.45) is 0 Å². The summed E-state index contributed by atoms with van der Waals surface area (Å²) < 4.78 is 14.3. The summed E-state index contributed by atoms with van der Waals surface area (Å²) in [6, 6.07) is 10.4. The van der Waals surface area contributed by atoms with Gasteiger partial charge in [0.25, 0.3) is 0 Å². The molecule has 1 aliphatic heterocycles. The molecule has 0 saturated carbocycles. The summed E-state index contributed by atoms with van der Waals surface area (Å²) in [5.74, 6) is -1.59. The highest BCUT2D eigenvalue weighted by Gasteiger charge is 2.35. The number of anilines is 1. The largest absolute Gasteiger partial charge is 0.481 e. The van der Waals surface area contributed by atoms with Gasteiger partial charge in [0.1, 0.15) is 10.8 Å². The number of nitrogens with zero attached hydrogens (tertiary/aromatic N) is 2. The number of rotatable bonds is 5. The van der Waals surface area contributed by atoms with E-state index >= 15 is 0 Å². The summed E-state index contributed by atoms with van der Waals surface area (Å²) in [5, 5.41) is 9.19. The molecule has 4 rings (SSSR count). The Hall–Kier alpha value is -2.45. The van der Waals surface area contributed by atoms with Crippen molar-refractivity contribution in [2.75, 3.05) is 4.90 Å². The quantitative estimate of drug-likeness (QED) is 0.664. The van der Waals surface area contributed by atoms with Crippen molar-refractivity contribution >= 4 is 50.9 Å². The van der Waals surface area contributed by atoms with Crippen LogP contribution in [0.25, 0.3) is 10.2 Å². The van der Waals surface area contributed by atoms with Gasteiger partial charge in [-0.2, -0.15) is 0 Å². The molecule has 2 heterocycles. The van der Waals surface area contributed by atoms with Gasteiger partial charge in [0, 0.05) is 11.0 Å². The van der Waals surface area contributed by atoms with Crippen molar-refractivity contribution in [2.45, 2.75) is 36.5 Å². The lowest BCUT2D eigenvalue weighted by molar-refractivity contribution is -0.138. The number of halogens is 1. The molecule has 1 amide bonds. The summed E-state index contributed by atoms with van der Waals surface area (Å²) >= 11 is 2.70. The highest BCUT2D eigenvalue weighted by atomic mass is 32.2. The van der Waals surface area contributed by atoms with E-state index in [9.17, 15) is 19.1 Å². The Labute approximate surface area is 169 Å². The standard InChI is InChI=1S/C20H17FN2O3S2/c1-2-11-3-5-16-14(7-11)23(20(26)17(27-16)9-19(24)25)10-18-22-13-8-12(21)4-6-15(13)28-18/h3-8,17H,2,9-10H2,1H3,(H,24,25). The predicted octanol–water partition coefficient (Wildman–Crippen LogP) is 4.48. The number of hydrogen-bond acceptors (Lipinski definition) is 5. The zero-order valence-electron chi connectivity index (χ0n) is 15.0. The number of carbonyl (C=O) groups excluding carboxylic acids is 1. The van der Waals surface area contributed by atoms with Gasteiger partial charge in [-0.3, -0.25) is 9.59 Å². The molecule has 1 aliphatic rings. The van der Waals surface area contributed by atoms with Crippen LogP contribution in [0, 0.1) is 5.82 Å². The number of thiazole rings is 1. The first-order chi connectivity index (χ1) is 13.4. The first-order valence-corrected chi connectivity index (χ1v) is 10.5. The van der Waals surface area contributed by atoms with Crippen LogP contribution in [0.2, 0.25) is 0 Å². The van der Waals surface area contributed by atoms with Crippen LogP contribution in [-0.4, -0.2) is 27.2 Å². The molecule has 3 aromatic rings. The highest BCUT2D eigenvalue weighted by molar-refractivity contribution is 8.01. The zero-order valence-corrected chi connectivity index (χ0v) is 16.6. The van der Waals surface area contributed by atoms with Crippen LogP contribution in [0.3, 0.4) is 0 Å². The van der Waals surface area contributed by atoms with Crippen molar-refractivity contribution in [1.29, 1.82) is 0 Å². The molecule has 1 atom stereocenters. The number of amides is 1. The monoisotopic (exact) mass is 416 g/mol. The highest BCUT2D eigenvalue weighted by Crippen LogP contribution is 2.42. The summed E-state index contributed by atoms with van der Waals surface area (Å²) in [4.78, 5) is 31.2. The SMILES string of the molecule is CCc1ccc2c(c1)N(Cc1nc3cc(F)ccc3s1)C(=O)C(CC(=O)O)S2. The van der Waals surface area contributed by atoms with E-state index in [0.29, 0.717) is 10.5 Å². The fourth-order valence-corrected chi connectivity index (χ4v) is 5.33. The molecular formula is C20H17FN2O3S2. The first-order valence-electron chi connectivity index (χ1n) is 8.82. The minimum atomic E-state index is -1.00. The Morgan fingerprint density at radius 2 is 2.11 bits per heavy atom. The average molecular weight is 416 g/mol.